The first-order chi connectivity index (χ1) is 8.20. The number of diazo groups is 1. The average Bonchev–Trinajstić information content (AvgIpc) is 2.38. The lowest BCUT2D eigenvalue weighted by atomic mass is 10.1. The van der Waals surface area contributed by atoms with Crippen LogP contribution in [0.4, 0.5) is 0 Å². The molecule has 0 fully saturated rings. The minimum absolute atomic E-state index is 0.264. The molecule has 5 nitrogen and oxygen atoms in total. The van der Waals surface area contributed by atoms with Crippen LogP contribution < -0.4 is 0 Å². The van der Waals surface area contributed by atoms with E-state index in [1.165, 1.54) is 0 Å². The van der Waals surface area contributed by atoms with Crippen molar-refractivity contribution < 1.29 is 14.6 Å². The van der Waals surface area contributed by atoms with E-state index >= 15 is 0 Å². The lowest BCUT2D eigenvalue weighted by Gasteiger charge is -1.97. The molecule has 0 spiro atoms. The number of nitrogens with zero attached hydrogens (tertiary/aromatic N) is 2. The number of carbonyl (C=O) groups excluding carboxylic acids is 1. The summed E-state index contributed by atoms with van der Waals surface area (Å²) < 4.78 is 4.54. The molecule has 0 heterocycles. The molecule has 1 N–H and O–H groups in total. The summed E-state index contributed by atoms with van der Waals surface area (Å²) in [6.45, 7) is -0.264. The van der Waals surface area contributed by atoms with Crippen LogP contribution in [0.25, 0.3) is 10.7 Å². The molecule has 0 aliphatic rings. The highest BCUT2D eigenvalue weighted by Crippen LogP contribution is 2.17. The van der Waals surface area contributed by atoms with Gasteiger partial charge in [-0.3, -0.25) is 0 Å². The van der Waals surface area contributed by atoms with E-state index in [2.05, 4.69) is 15.6 Å². The number of aliphatic hydroxyl groups excluding tert-OH is 1. The van der Waals surface area contributed by atoms with Gasteiger partial charge in [0.15, 0.2) is 11.6 Å². The van der Waals surface area contributed by atoms with Crippen LogP contribution in [-0.4, -0.2) is 17.7 Å². The molecule has 0 radical (unpaired) electrons. The number of hydrogen-bond acceptors (Lipinski definition) is 4. The van der Waals surface area contributed by atoms with Crippen molar-refractivity contribution in [3.63, 3.8) is 0 Å². The first-order valence-corrected chi connectivity index (χ1v) is 4.65. The van der Waals surface area contributed by atoms with Crippen molar-refractivity contribution >= 4 is 11.7 Å². The second kappa shape index (κ2) is 5.94. The van der Waals surface area contributed by atoms with E-state index < -0.39 is 17.4 Å². The Morgan fingerprint density at radius 3 is 2.65 bits per heavy atom. The Bertz CT molecular complexity index is 521. The number of ether oxygens (including phenoxy) is 1. The third kappa shape index (κ3) is 3.08. The Balaban J connectivity index is 3.05. The molecule has 0 aliphatic carbocycles. The van der Waals surface area contributed by atoms with Gasteiger partial charge in [0, 0.05) is 5.56 Å². The van der Waals surface area contributed by atoms with Gasteiger partial charge < -0.3 is 9.84 Å². The van der Waals surface area contributed by atoms with Gasteiger partial charge in [-0.1, -0.05) is 36.3 Å². The molecule has 0 bridgehead atoms. The molecule has 0 amide bonds. The molecule has 1 rings (SSSR count). The minimum Gasteiger partial charge on any atom is -0.501 e. The molecule has 0 aliphatic heterocycles. The molecule has 84 valence electrons. The first-order valence-electron chi connectivity index (χ1n) is 4.65. The number of esters is 1. The Morgan fingerprint density at radius 2 is 2.12 bits per heavy atom. The van der Waals surface area contributed by atoms with Crippen molar-refractivity contribution in [1.29, 1.82) is 5.39 Å². The Kier molecular flexibility index (Phi) is 4.29. The Hall–Kier alpha value is -2.79. The highest BCUT2D eigenvalue weighted by atomic mass is 16.5. The predicted octanol–water partition coefficient (Wildman–Crippen LogP) is 1.94. The molecular weight excluding hydrogens is 220 g/mol. The minimum atomic E-state index is -0.994. The van der Waals surface area contributed by atoms with Crippen molar-refractivity contribution in [3.8, 4) is 12.3 Å². The monoisotopic (exact) mass is 229 g/mol. The van der Waals surface area contributed by atoms with Crippen LogP contribution in [0.15, 0.2) is 36.0 Å². The van der Waals surface area contributed by atoms with Gasteiger partial charge in [0.1, 0.15) is 0 Å². The van der Waals surface area contributed by atoms with Gasteiger partial charge in [-0.2, -0.15) is 0 Å². The van der Waals surface area contributed by atoms with Gasteiger partial charge in [0.05, 0.1) is 0 Å². The topological polar surface area (TPSA) is 74.7 Å². The largest absolute Gasteiger partial charge is 0.510 e. The number of aliphatic hydroxyl groups is 1. The predicted molar refractivity (Wildman–Crippen MR) is 60.9 cm³/mol. The van der Waals surface area contributed by atoms with Gasteiger partial charge in [-0.05, 0) is 0 Å². The van der Waals surface area contributed by atoms with Gasteiger partial charge in [0.2, 0.25) is 11.2 Å². The molecule has 1 aromatic carbocycles. The summed E-state index contributed by atoms with van der Waals surface area (Å²) in [4.78, 5) is 14.1. The van der Waals surface area contributed by atoms with E-state index in [1.54, 1.807) is 30.3 Å². The quantitative estimate of drug-likeness (QED) is 0.282. The maximum absolute atomic E-state index is 11.4. The van der Waals surface area contributed by atoms with E-state index in [-0.39, 0.29) is 6.61 Å². The summed E-state index contributed by atoms with van der Waals surface area (Å²) in [7, 11) is 0. The third-order valence-corrected chi connectivity index (χ3v) is 1.85. The van der Waals surface area contributed by atoms with E-state index in [0.29, 0.717) is 5.56 Å². The maximum atomic E-state index is 11.4. The van der Waals surface area contributed by atoms with Crippen molar-refractivity contribution in [1.82, 2.24) is 0 Å². The van der Waals surface area contributed by atoms with Crippen molar-refractivity contribution in [2.24, 2.45) is 0 Å². The lowest BCUT2D eigenvalue weighted by Crippen LogP contribution is -2.08. The van der Waals surface area contributed by atoms with Crippen LogP contribution >= 0.6 is 0 Å². The molecule has 0 unspecified atom stereocenters. The fraction of sp³-hybridized carbons (Fsp3) is 0.0833. The zero-order valence-electron chi connectivity index (χ0n) is 8.83. The third-order valence-electron chi connectivity index (χ3n) is 1.85. The summed E-state index contributed by atoms with van der Waals surface area (Å²) in [6.07, 6.45) is 4.91. The number of rotatable bonds is 3. The van der Waals surface area contributed by atoms with Crippen LogP contribution in [-0.2, 0) is 9.53 Å². The highest BCUT2D eigenvalue weighted by Gasteiger charge is 2.31. The zero-order valence-corrected chi connectivity index (χ0v) is 8.83. The first kappa shape index (κ1) is 12.3. The van der Waals surface area contributed by atoms with Gasteiger partial charge in [-0.25, -0.2) is 4.79 Å². The second-order valence-corrected chi connectivity index (χ2v) is 2.94. The molecule has 0 aromatic heterocycles. The van der Waals surface area contributed by atoms with Crippen molar-refractivity contribution in [2.75, 3.05) is 6.61 Å². The molecule has 0 saturated carbocycles. The number of benzene rings is 1. The smallest absolute Gasteiger partial charge is 0.501 e. The summed E-state index contributed by atoms with van der Waals surface area (Å²) in [5.74, 6) is 0.615. The fourth-order valence-corrected chi connectivity index (χ4v) is 1.09. The molecule has 0 atom stereocenters. The van der Waals surface area contributed by atoms with Crippen molar-refractivity contribution in [3.05, 3.63) is 46.6 Å². The van der Waals surface area contributed by atoms with Crippen LogP contribution in [0.5, 0.6) is 0 Å². The number of carbonyl (C=O) groups is 1. The number of hydrogen-bond donors (Lipinski definition) is 1. The van der Waals surface area contributed by atoms with Crippen LogP contribution in [0.1, 0.15) is 5.56 Å². The summed E-state index contributed by atoms with van der Waals surface area (Å²) in [6, 6.07) is 8.16. The molecule has 1 aromatic rings. The second-order valence-electron chi connectivity index (χ2n) is 2.94. The zero-order chi connectivity index (χ0) is 12.7. The Labute approximate surface area is 98.0 Å². The molecule has 0 saturated heterocycles. The van der Waals surface area contributed by atoms with Crippen molar-refractivity contribution in [2.45, 2.75) is 0 Å². The van der Waals surface area contributed by atoms with Gasteiger partial charge in [0.25, 0.3) is 0 Å². The average molecular weight is 229 g/mol. The molecule has 5 heteroatoms. The maximum Gasteiger partial charge on any atom is 0.510 e. The van der Waals surface area contributed by atoms with Crippen LogP contribution in [0, 0.1) is 17.7 Å². The number of terminal acetylenes is 1. The standard InChI is InChI=1S/C12H8N2O3/c1-2-8-17-12(16)10(14-13)11(15)9-6-4-3-5-7-9/h1,3-7H,8H2/p+1. The van der Waals surface area contributed by atoms with Gasteiger partial charge >= 0.3 is 11.7 Å². The summed E-state index contributed by atoms with van der Waals surface area (Å²) in [5.41, 5.74) is -0.260. The SMILES string of the molecule is C#CCOC(=O)/C([N+]#N)=C(\O)c1ccccc1. The fourth-order valence-electron chi connectivity index (χ4n) is 1.09. The van der Waals surface area contributed by atoms with Crippen LogP contribution in [0.3, 0.4) is 0 Å². The van der Waals surface area contributed by atoms with E-state index in [1.807, 2.05) is 0 Å². The van der Waals surface area contributed by atoms with E-state index in [0.717, 1.165) is 0 Å². The highest BCUT2D eigenvalue weighted by molar-refractivity contribution is 5.97. The lowest BCUT2D eigenvalue weighted by molar-refractivity contribution is -0.137. The van der Waals surface area contributed by atoms with E-state index in [9.17, 15) is 9.90 Å². The molecule has 17 heavy (non-hydrogen) atoms. The van der Waals surface area contributed by atoms with Gasteiger partial charge in [-0.15, -0.1) is 6.42 Å². The van der Waals surface area contributed by atoms with Crippen LogP contribution in [0.2, 0.25) is 0 Å². The molecular formula is C12H9N2O3+. The Morgan fingerprint density at radius 1 is 1.47 bits per heavy atom. The normalized spacial score (nSPS) is 10.7. The summed E-state index contributed by atoms with van der Waals surface area (Å²) in [5, 5.41) is 18.4. The summed E-state index contributed by atoms with van der Waals surface area (Å²) >= 11 is 0. The van der Waals surface area contributed by atoms with E-state index in [4.69, 9.17) is 11.8 Å².